The molecule has 0 radical (unpaired) electrons. The third-order valence-electron chi connectivity index (χ3n) is 6.29. The van der Waals surface area contributed by atoms with Crippen molar-refractivity contribution in [2.75, 3.05) is 39.5 Å². The quantitative estimate of drug-likeness (QED) is 0.713. The number of hydrogen-bond acceptors (Lipinski definition) is 5. The highest BCUT2D eigenvalue weighted by molar-refractivity contribution is 5.92. The number of nitrogens with zero attached hydrogens (tertiary/aromatic N) is 2. The van der Waals surface area contributed by atoms with E-state index in [4.69, 9.17) is 19.4 Å². The van der Waals surface area contributed by atoms with E-state index in [-0.39, 0.29) is 11.5 Å². The first-order valence-corrected chi connectivity index (χ1v) is 10.7. The highest BCUT2D eigenvalue weighted by atomic mass is 19.4. The summed E-state index contributed by atoms with van der Waals surface area (Å²) in [5, 5.41) is 10.2. The van der Waals surface area contributed by atoms with Gasteiger partial charge >= 0.3 is 12.1 Å². The van der Waals surface area contributed by atoms with Crippen LogP contribution in [0.2, 0.25) is 0 Å². The van der Waals surface area contributed by atoms with Crippen LogP contribution in [0.3, 0.4) is 0 Å². The van der Waals surface area contributed by atoms with Gasteiger partial charge in [-0.3, -0.25) is 9.69 Å². The first-order chi connectivity index (χ1) is 15.1. The Morgan fingerprint density at radius 3 is 2.41 bits per heavy atom. The molecule has 11 heteroatoms. The Morgan fingerprint density at radius 2 is 1.91 bits per heavy atom. The van der Waals surface area contributed by atoms with Crippen molar-refractivity contribution >= 4 is 11.9 Å². The van der Waals surface area contributed by atoms with Crippen molar-refractivity contribution in [1.29, 1.82) is 0 Å². The molecule has 1 atom stereocenters. The topological polar surface area (TPSA) is 93.0 Å². The summed E-state index contributed by atoms with van der Waals surface area (Å²) in [5.74, 6) is -2.33. The van der Waals surface area contributed by atoms with Crippen LogP contribution >= 0.6 is 0 Å². The lowest BCUT2D eigenvalue weighted by atomic mass is 9.81. The molecule has 4 heterocycles. The summed E-state index contributed by atoms with van der Waals surface area (Å²) in [6.45, 7) is 5.40. The third kappa shape index (κ3) is 6.23. The van der Waals surface area contributed by atoms with Crippen molar-refractivity contribution in [3.63, 3.8) is 0 Å². The summed E-state index contributed by atoms with van der Waals surface area (Å²) >= 11 is 0. The average Bonchev–Trinajstić information content (AvgIpc) is 3.17. The van der Waals surface area contributed by atoms with Gasteiger partial charge in [0.2, 0.25) is 0 Å². The van der Waals surface area contributed by atoms with Crippen LogP contribution in [0.1, 0.15) is 36.2 Å². The Labute approximate surface area is 184 Å². The maximum atomic E-state index is 12.2. The fourth-order valence-electron chi connectivity index (χ4n) is 4.35. The second-order valence-electron chi connectivity index (χ2n) is 8.66. The van der Waals surface area contributed by atoms with Crippen LogP contribution in [0.15, 0.2) is 18.3 Å². The summed E-state index contributed by atoms with van der Waals surface area (Å²) in [4.78, 5) is 23.7. The number of carboxylic acids is 1. The molecule has 3 fully saturated rings. The maximum Gasteiger partial charge on any atom is 0.490 e. The zero-order valence-electron chi connectivity index (χ0n) is 18.1. The Hall–Kier alpha value is -2.11. The number of halogens is 3. The number of likely N-dealkylation sites (tertiary alicyclic amines) is 1. The van der Waals surface area contributed by atoms with E-state index < -0.39 is 12.1 Å². The molecular formula is C21H30F3N3O5. The lowest BCUT2D eigenvalue weighted by Crippen LogP contribution is -2.67. The summed E-state index contributed by atoms with van der Waals surface area (Å²) in [6.07, 6.45) is 1.36. The van der Waals surface area contributed by atoms with Gasteiger partial charge in [-0.1, -0.05) is 0 Å². The minimum Gasteiger partial charge on any atom is -0.475 e. The fraction of sp³-hybridized carbons (Fsp3) is 0.714. The van der Waals surface area contributed by atoms with Crippen LogP contribution in [0.5, 0.6) is 0 Å². The summed E-state index contributed by atoms with van der Waals surface area (Å²) in [6, 6.07) is 4.43. The summed E-state index contributed by atoms with van der Waals surface area (Å²) < 4.78 is 45.3. The number of aromatic nitrogens is 1. The molecule has 3 aliphatic rings. The zero-order chi connectivity index (χ0) is 23.4. The molecule has 4 rings (SSSR count). The molecular weight excluding hydrogens is 431 g/mol. The largest absolute Gasteiger partial charge is 0.490 e. The molecule has 0 aliphatic carbocycles. The fourth-order valence-corrected chi connectivity index (χ4v) is 4.35. The van der Waals surface area contributed by atoms with Crippen LogP contribution in [-0.4, -0.2) is 83.7 Å². The van der Waals surface area contributed by atoms with Gasteiger partial charge in [0.05, 0.1) is 12.2 Å². The van der Waals surface area contributed by atoms with Gasteiger partial charge in [0.25, 0.3) is 5.91 Å². The van der Waals surface area contributed by atoms with E-state index in [1.807, 2.05) is 29.9 Å². The molecule has 3 aliphatic heterocycles. The molecule has 1 unspecified atom stereocenters. The number of aryl methyl sites for hydroxylation is 1. The highest BCUT2D eigenvalue weighted by Gasteiger charge is 2.48. The molecule has 32 heavy (non-hydrogen) atoms. The predicted molar refractivity (Wildman–Crippen MR) is 108 cm³/mol. The molecule has 0 saturated carbocycles. The molecule has 1 aromatic rings. The number of aliphatic carboxylic acids is 1. The van der Waals surface area contributed by atoms with E-state index in [1.54, 1.807) is 0 Å². The van der Waals surface area contributed by atoms with Gasteiger partial charge in [-0.2, -0.15) is 13.2 Å². The molecule has 180 valence electrons. The van der Waals surface area contributed by atoms with Crippen LogP contribution < -0.4 is 5.32 Å². The van der Waals surface area contributed by atoms with Crippen LogP contribution in [0.25, 0.3) is 0 Å². The summed E-state index contributed by atoms with van der Waals surface area (Å²) in [7, 11) is 1.89. The van der Waals surface area contributed by atoms with Gasteiger partial charge < -0.3 is 24.5 Å². The first-order valence-electron chi connectivity index (χ1n) is 10.7. The second kappa shape index (κ2) is 10.2. The number of nitrogens with one attached hydrogen (secondary N) is 1. The van der Waals surface area contributed by atoms with Crippen LogP contribution in [0, 0.1) is 5.92 Å². The van der Waals surface area contributed by atoms with Gasteiger partial charge in [0.15, 0.2) is 0 Å². The van der Waals surface area contributed by atoms with Crippen molar-refractivity contribution in [2.24, 2.45) is 13.0 Å². The summed E-state index contributed by atoms with van der Waals surface area (Å²) in [5.41, 5.74) is 0.788. The lowest BCUT2D eigenvalue weighted by Gasteiger charge is -2.55. The van der Waals surface area contributed by atoms with E-state index in [0.29, 0.717) is 24.2 Å². The molecule has 1 aromatic heterocycles. The zero-order valence-corrected chi connectivity index (χ0v) is 18.1. The van der Waals surface area contributed by atoms with Gasteiger partial charge in [-0.15, -0.1) is 0 Å². The molecule has 3 saturated heterocycles. The Balaban J connectivity index is 0.000000360. The van der Waals surface area contributed by atoms with Crippen LogP contribution in [0.4, 0.5) is 13.2 Å². The van der Waals surface area contributed by atoms with Gasteiger partial charge in [0.1, 0.15) is 5.69 Å². The maximum absolute atomic E-state index is 12.2. The lowest BCUT2D eigenvalue weighted by molar-refractivity contribution is -0.194. The normalized spacial score (nSPS) is 23.7. The number of carbonyl (C=O) groups excluding carboxylic acids is 1. The molecule has 8 nitrogen and oxygen atoms in total. The van der Waals surface area contributed by atoms with Crippen molar-refractivity contribution in [2.45, 2.75) is 43.5 Å². The number of ether oxygens (including phenoxy) is 2. The first kappa shape index (κ1) is 24.5. The van der Waals surface area contributed by atoms with E-state index in [9.17, 15) is 18.0 Å². The Kier molecular flexibility index (Phi) is 7.84. The monoisotopic (exact) mass is 461 g/mol. The van der Waals surface area contributed by atoms with Gasteiger partial charge in [-0.05, 0) is 43.7 Å². The van der Waals surface area contributed by atoms with Crippen molar-refractivity contribution in [3.05, 3.63) is 24.0 Å². The second-order valence-corrected chi connectivity index (χ2v) is 8.66. The predicted octanol–water partition coefficient (Wildman–Crippen LogP) is 2.05. The SMILES string of the molecule is Cn1cccc1C(=O)NCC1CCC2(CN(C3CCOCC3)C2)OC1.O=C(O)C(F)(F)F. The number of carboxylic acid groups (broad SMARTS) is 1. The van der Waals surface area contributed by atoms with E-state index in [0.717, 1.165) is 58.6 Å². The standard InChI is InChI=1S/C19H29N3O3.C2HF3O2/c1-21-8-2-3-17(21)18(23)20-11-15-4-7-19(25-12-15)13-22(14-19)16-5-9-24-10-6-16;3-2(4,5)1(6)7/h2-3,8,15-16H,4-7,9-14H2,1H3,(H,20,23);(H,6,7). The highest BCUT2D eigenvalue weighted by Crippen LogP contribution is 2.38. The minimum atomic E-state index is -5.08. The van der Waals surface area contributed by atoms with Crippen molar-refractivity contribution in [1.82, 2.24) is 14.8 Å². The molecule has 0 bridgehead atoms. The Morgan fingerprint density at radius 1 is 1.25 bits per heavy atom. The number of amides is 1. The van der Waals surface area contributed by atoms with Crippen LogP contribution in [-0.2, 0) is 21.3 Å². The third-order valence-corrected chi connectivity index (χ3v) is 6.29. The molecule has 1 amide bonds. The van der Waals surface area contributed by atoms with Gasteiger partial charge in [0, 0.05) is 52.1 Å². The van der Waals surface area contributed by atoms with Crippen molar-refractivity contribution in [3.8, 4) is 0 Å². The molecule has 2 N–H and O–H groups in total. The number of hydrogen-bond donors (Lipinski definition) is 2. The van der Waals surface area contributed by atoms with Crippen molar-refractivity contribution < 1.29 is 37.3 Å². The Bertz CT molecular complexity index is 776. The van der Waals surface area contributed by atoms with E-state index in [1.165, 1.54) is 0 Å². The van der Waals surface area contributed by atoms with Gasteiger partial charge in [-0.25, -0.2) is 4.79 Å². The number of alkyl halides is 3. The molecule has 1 spiro atoms. The number of rotatable bonds is 4. The minimum absolute atomic E-state index is 0.00197. The molecule has 0 aromatic carbocycles. The smallest absolute Gasteiger partial charge is 0.475 e. The van der Waals surface area contributed by atoms with E-state index in [2.05, 4.69) is 10.2 Å². The number of carbonyl (C=O) groups is 2. The average molecular weight is 461 g/mol. The van der Waals surface area contributed by atoms with E-state index >= 15 is 0 Å².